The summed E-state index contributed by atoms with van der Waals surface area (Å²) in [5, 5.41) is 8.46. The predicted octanol–water partition coefficient (Wildman–Crippen LogP) is 4.28. The van der Waals surface area contributed by atoms with Crippen molar-refractivity contribution >= 4 is 34.7 Å². The van der Waals surface area contributed by atoms with Gasteiger partial charge in [-0.25, -0.2) is 0 Å². The Morgan fingerprint density at radius 2 is 1.88 bits per heavy atom. The largest absolute Gasteiger partial charge is 0.494 e. The number of ether oxygens (including phenoxy) is 1. The van der Waals surface area contributed by atoms with Crippen molar-refractivity contribution in [3.63, 3.8) is 0 Å². The van der Waals surface area contributed by atoms with E-state index in [1.165, 1.54) is 17.3 Å². The first kappa shape index (κ1) is 18.4. The number of nitrogens with two attached hydrogens (primary N) is 1. The van der Waals surface area contributed by atoms with E-state index in [1.807, 2.05) is 42.5 Å². The number of hydrogen-bond donors (Lipinski definition) is 1. The van der Waals surface area contributed by atoms with Crippen LogP contribution in [-0.2, 0) is 5.75 Å². The maximum Gasteiger partial charge on any atom is 0.180 e. The molecule has 0 aromatic heterocycles. The van der Waals surface area contributed by atoms with Crippen LogP contribution in [0.1, 0.15) is 17.5 Å². The van der Waals surface area contributed by atoms with Crippen LogP contribution in [0.3, 0.4) is 0 Å². The molecule has 2 rings (SSSR count). The summed E-state index contributed by atoms with van der Waals surface area (Å²) in [7, 11) is 0. The lowest BCUT2D eigenvalue weighted by Crippen LogP contribution is -2.06. The van der Waals surface area contributed by atoms with Gasteiger partial charge < -0.3 is 10.5 Å². The topological polar surface area (TPSA) is 60.0 Å². The van der Waals surface area contributed by atoms with Gasteiger partial charge in [-0.15, -0.1) is 16.7 Å². The van der Waals surface area contributed by atoms with E-state index in [4.69, 9.17) is 22.1 Å². The highest BCUT2D eigenvalue weighted by Crippen LogP contribution is 2.13. The third-order valence-corrected chi connectivity index (χ3v) is 4.14. The number of alkyl halides is 1. The summed E-state index contributed by atoms with van der Waals surface area (Å²) >= 11 is 7.07. The summed E-state index contributed by atoms with van der Waals surface area (Å²) < 4.78 is 5.54. The Labute approximate surface area is 151 Å². The standard InChI is InChI=1S/C18H20ClN3OS/c19-11-4-12-23-17-9-7-15(8-10-17)13-21-22-18(20)24-14-16-5-2-1-3-6-16/h1-3,5-10,13H,4,11-12,14H2,(H2,20,22). The fourth-order valence-electron chi connectivity index (χ4n) is 1.81. The second-order valence-electron chi connectivity index (χ2n) is 4.92. The monoisotopic (exact) mass is 361 g/mol. The zero-order chi connectivity index (χ0) is 17.0. The summed E-state index contributed by atoms with van der Waals surface area (Å²) in [6.45, 7) is 0.621. The number of halogens is 1. The van der Waals surface area contributed by atoms with Gasteiger partial charge in [0, 0.05) is 11.6 Å². The Hall–Kier alpha value is -1.98. The van der Waals surface area contributed by atoms with Crippen molar-refractivity contribution in [3.8, 4) is 5.75 Å². The highest BCUT2D eigenvalue weighted by Gasteiger charge is 1.96. The lowest BCUT2D eigenvalue weighted by molar-refractivity contribution is 0.318. The van der Waals surface area contributed by atoms with Crippen LogP contribution in [0.15, 0.2) is 64.8 Å². The van der Waals surface area contributed by atoms with Crippen LogP contribution >= 0.6 is 23.4 Å². The molecule has 0 saturated carbocycles. The minimum atomic E-state index is 0.441. The van der Waals surface area contributed by atoms with Crippen LogP contribution in [0.4, 0.5) is 0 Å². The minimum Gasteiger partial charge on any atom is -0.494 e. The average molecular weight is 362 g/mol. The molecule has 0 fully saturated rings. The summed E-state index contributed by atoms with van der Waals surface area (Å²) in [5.41, 5.74) is 7.98. The Morgan fingerprint density at radius 1 is 1.12 bits per heavy atom. The van der Waals surface area contributed by atoms with Gasteiger partial charge in [0.2, 0.25) is 0 Å². The van der Waals surface area contributed by atoms with Gasteiger partial charge in [-0.3, -0.25) is 0 Å². The Balaban J connectivity index is 1.79. The van der Waals surface area contributed by atoms with Gasteiger partial charge in [-0.05, 0) is 41.8 Å². The van der Waals surface area contributed by atoms with Crippen molar-refractivity contribution in [2.24, 2.45) is 15.9 Å². The predicted molar refractivity (Wildman–Crippen MR) is 104 cm³/mol. The van der Waals surface area contributed by atoms with E-state index in [1.54, 1.807) is 6.21 Å². The molecule has 24 heavy (non-hydrogen) atoms. The van der Waals surface area contributed by atoms with Crippen LogP contribution in [0.2, 0.25) is 0 Å². The highest BCUT2D eigenvalue weighted by atomic mass is 35.5. The van der Waals surface area contributed by atoms with Crippen LogP contribution in [0, 0.1) is 0 Å². The van der Waals surface area contributed by atoms with Gasteiger partial charge in [0.1, 0.15) is 5.75 Å². The lowest BCUT2D eigenvalue weighted by Gasteiger charge is -2.04. The molecule has 0 aliphatic rings. The molecular weight excluding hydrogens is 342 g/mol. The maximum atomic E-state index is 5.85. The molecule has 0 bridgehead atoms. The smallest absolute Gasteiger partial charge is 0.180 e. The fourth-order valence-corrected chi connectivity index (χ4v) is 2.53. The number of nitrogens with zero attached hydrogens (tertiary/aromatic N) is 2. The molecule has 4 nitrogen and oxygen atoms in total. The van der Waals surface area contributed by atoms with Gasteiger partial charge in [0.25, 0.3) is 0 Å². The maximum absolute atomic E-state index is 5.85. The second kappa shape index (κ2) is 10.7. The van der Waals surface area contributed by atoms with Gasteiger partial charge >= 0.3 is 0 Å². The van der Waals surface area contributed by atoms with Crippen molar-refractivity contribution in [3.05, 3.63) is 65.7 Å². The summed E-state index contributed by atoms with van der Waals surface area (Å²) in [6.07, 6.45) is 2.50. The van der Waals surface area contributed by atoms with E-state index in [0.717, 1.165) is 23.5 Å². The normalized spacial score (nSPS) is 11.8. The number of benzene rings is 2. The van der Waals surface area contributed by atoms with E-state index < -0.39 is 0 Å². The highest BCUT2D eigenvalue weighted by molar-refractivity contribution is 8.13. The lowest BCUT2D eigenvalue weighted by atomic mass is 10.2. The summed E-state index contributed by atoms with van der Waals surface area (Å²) in [6, 6.07) is 17.7. The molecule has 0 aliphatic carbocycles. The number of amidine groups is 1. The van der Waals surface area contributed by atoms with Crippen LogP contribution in [-0.4, -0.2) is 23.9 Å². The van der Waals surface area contributed by atoms with Crippen LogP contribution in [0.25, 0.3) is 0 Å². The first-order valence-electron chi connectivity index (χ1n) is 7.60. The molecule has 0 atom stereocenters. The zero-order valence-corrected chi connectivity index (χ0v) is 14.8. The molecule has 0 saturated heterocycles. The Morgan fingerprint density at radius 3 is 2.58 bits per heavy atom. The first-order chi connectivity index (χ1) is 11.8. The molecule has 0 aliphatic heterocycles. The van der Waals surface area contributed by atoms with E-state index in [9.17, 15) is 0 Å². The van der Waals surface area contributed by atoms with Crippen molar-refractivity contribution in [1.82, 2.24) is 0 Å². The second-order valence-corrected chi connectivity index (χ2v) is 6.29. The molecule has 0 unspecified atom stereocenters. The van der Waals surface area contributed by atoms with E-state index >= 15 is 0 Å². The molecule has 0 spiro atoms. The van der Waals surface area contributed by atoms with Gasteiger partial charge in [-0.1, -0.05) is 42.1 Å². The van der Waals surface area contributed by atoms with Gasteiger partial charge in [0.05, 0.1) is 12.8 Å². The Kier molecular flexibility index (Phi) is 8.21. The SMILES string of the molecule is NC(=NN=Cc1ccc(OCCCCl)cc1)SCc1ccccc1. The van der Waals surface area contributed by atoms with Crippen molar-refractivity contribution in [1.29, 1.82) is 0 Å². The number of hydrogen-bond acceptors (Lipinski definition) is 4. The first-order valence-corrected chi connectivity index (χ1v) is 9.12. The Bertz CT molecular complexity index is 660. The summed E-state index contributed by atoms with van der Waals surface area (Å²) in [5.74, 6) is 2.20. The molecule has 2 N–H and O–H groups in total. The molecule has 126 valence electrons. The molecule has 6 heteroatoms. The number of thioether (sulfide) groups is 1. The molecule has 0 heterocycles. The van der Waals surface area contributed by atoms with E-state index in [0.29, 0.717) is 17.7 Å². The molecule has 0 radical (unpaired) electrons. The van der Waals surface area contributed by atoms with E-state index in [-0.39, 0.29) is 0 Å². The molecule has 0 amide bonds. The van der Waals surface area contributed by atoms with E-state index in [2.05, 4.69) is 22.3 Å². The van der Waals surface area contributed by atoms with Crippen LogP contribution < -0.4 is 10.5 Å². The fraction of sp³-hybridized carbons (Fsp3) is 0.222. The quantitative estimate of drug-likeness (QED) is 0.251. The van der Waals surface area contributed by atoms with Crippen LogP contribution in [0.5, 0.6) is 5.75 Å². The van der Waals surface area contributed by atoms with Crippen molar-refractivity contribution in [2.75, 3.05) is 12.5 Å². The summed E-state index contributed by atoms with van der Waals surface area (Å²) in [4.78, 5) is 0. The molecule has 2 aromatic carbocycles. The molecule has 2 aromatic rings. The molecular formula is C18H20ClN3OS. The third kappa shape index (κ3) is 7.06. The average Bonchev–Trinajstić information content (AvgIpc) is 2.62. The number of rotatable bonds is 8. The zero-order valence-electron chi connectivity index (χ0n) is 13.3. The minimum absolute atomic E-state index is 0.441. The van der Waals surface area contributed by atoms with Gasteiger partial charge in [0.15, 0.2) is 5.17 Å². The van der Waals surface area contributed by atoms with Gasteiger partial charge in [-0.2, -0.15) is 5.10 Å². The van der Waals surface area contributed by atoms with Crippen molar-refractivity contribution < 1.29 is 4.74 Å². The third-order valence-electron chi connectivity index (χ3n) is 3.02. The van der Waals surface area contributed by atoms with Crippen molar-refractivity contribution in [2.45, 2.75) is 12.2 Å².